The topological polar surface area (TPSA) is 86.6 Å². The van der Waals surface area contributed by atoms with Crippen LogP contribution < -0.4 is 5.32 Å². The Labute approximate surface area is 89.5 Å². The summed E-state index contributed by atoms with van der Waals surface area (Å²) in [6, 6.07) is 3.35. The van der Waals surface area contributed by atoms with Gasteiger partial charge >= 0.3 is 5.97 Å². The third kappa shape index (κ3) is 1.43. The maximum atomic E-state index is 13.0. The van der Waals surface area contributed by atoms with Crippen molar-refractivity contribution in [1.29, 1.82) is 0 Å². The average molecular weight is 225 g/mol. The van der Waals surface area contributed by atoms with Crippen LogP contribution in [0.5, 0.6) is 0 Å². The first-order valence-corrected chi connectivity index (χ1v) is 4.49. The standard InChI is InChI=1S/C10H8FNO4/c11-5-1-2-7-6(3-5)10(16,4-8(13)14)9(15)12-7/h1-3,16H,4H2,(H,12,15)(H,13,14). The lowest BCUT2D eigenvalue weighted by Crippen LogP contribution is -2.36. The molecule has 16 heavy (non-hydrogen) atoms. The van der Waals surface area contributed by atoms with Crippen LogP contribution in [0.2, 0.25) is 0 Å². The molecule has 0 radical (unpaired) electrons. The van der Waals surface area contributed by atoms with E-state index in [4.69, 9.17) is 5.11 Å². The van der Waals surface area contributed by atoms with E-state index in [1.165, 1.54) is 6.07 Å². The lowest BCUT2D eigenvalue weighted by Gasteiger charge is -2.17. The molecule has 1 amide bonds. The van der Waals surface area contributed by atoms with Crippen molar-refractivity contribution in [2.24, 2.45) is 0 Å². The number of carboxylic acids is 1. The highest BCUT2D eigenvalue weighted by molar-refractivity contribution is 6.06. The predicted molar refractivity (Wildman–Crippen MR) is 51.2 cm³/mol. The second-order valence-corrected chi connectivity index (χ2v) is 3.57. The summed E-state index contributed by atoms with van der Waals surface area (Å²) in [5, 5.41) is 20.9. The number of hydrogen-bond acceptors (Lipinski definition) is 3. The van der Waals surface area contributed by atoms with Crippen LogP contribution in [0, 0.1) is 5.82 Å². The molecule has 0 saturated carbocycles. The average Bonchev–Trinajstić information content (AvgIpc) is 2.40. The fourth-order valence-corrected chi connectivity index (χ4v) is 1.71. The molecule has 2 rings (SSSR count). The lowest BCUT2D eigenvalue weighted by molar-refractivity contribution is -0.149. The molecule has 0 fully saturated rings. The van der Waals surface area contributed by atoms with Crippen molar-refractivity contribution in [1.82, 2.24) is 0 Å². The quantitative estimate of drug-likeness (QED) is 0.681. The number of nitrogens with one attached hydrogen (secondary N) is 1. The molecule has 1 heterocycles. The first kappa shape index (κ1) is 10.6. The van der Waals surface area contributed by atoms with Gasteiger partial charge in [0.1, 0.15) is 5.82 Å². The molecule has 3 N–H and O–H groups in total. The molecule has 1 aliphatic heterocycles. The summed E-state index contributed by atoms with van der Waals surface area (Å²) < 4.78 is 13.0. The molecule has 0 spiro atoms. The molecule has 0 aliphatic carbocycles. The summed E-state index contributed by atoms with van der Waals surface area (Å²) in [5.41, 5.74) is -2.00. The number of carbonyl (C=O) groups excluding carboxylic acids is 1. The molecule has 0 aromatic heterocycles. The summed E-state index contributed by atoms with van der Waals surface area (Å²) in [4.78, 5) is 22.0. The van der Waals surface area contributed by atoms with E-state index in [9.17, 15) is 19.1 Å². The molecule has 5 nitrogen and oxygen atoms in total. The smallest absolute Gasteiger partial charge is 0.307 e. The van der Waals surface area contributed by atoms with Crippen LogP contribution in [0.3, 0.4) is 0 Å². The van der Waals surface area contributed by atoms with Crippen LogP contribution in [0.1, 0.15) is 12.0 Å². The Morgan fingerprint density at radius 3 is 2.81 bits per heavy atom. The Hall–Kier alpha value is -1.95. The van der Waals surface area contributed by atoms with Gasteiger partial charge in [0.2, 0.25) is 0 Å². The number of rotatable bonds is 2. The van der Waals surface area contributed by atoms with Crippen LogP contribution in [0.15, 0.2) is 18.2 Å². The molecule has 1 unspecified atom stereocenters. The summed E-state index contributed by atoms with van der Waals surface area (Å²) >= 11 is 0. The third-order valence-corrected chi connectivity index (χ3v) is 2.46. The number of aliphatic carboxylic acids is 1. The van der Waals surface area contributed by atoms with Crippen molar-refractivity contribution in [3.8, 4) is 0 Å². The van der Waals surface area contributed by atoms with E-state index in [1.807, 2.05) is 0 Å². The fraction of sp³-hybridized carbons (Fsp3) is 0.200. The molecule has 6 heteroatoms. The van der Waals surface area contributed by atoms with Gasteiger partial charge in [-0.2, -0.15) is 0 Å². The van der Waals surface area contributed by atoms with E-state index in [0.29, 0.717) is 0 Å². The van der Waals surface area contributed by atoms with Gasteiger partial charge in [-0.05, 0) is 18.2 Å². The Balaban J connectivity index is 2.53. The molecule has 1 atom stereocenters. The van der Waals surface area contributed by atoms with Crippen LogP contribution in [-0.2, 0) is 15.2 Å². The van der Waals surface area contributed by atoms with E-state index in [1.54, 1.807) is 0 Å². The fourth-order valence-electron chi connectivity index (χ4n) is 1.71. The summed E-state index contributed by atoms with van der Waals surface area (Å²) in [5.74, 6) is -2.83. The van der Waals surface area contributed by atoms with Crippen molar-refractivity contribution in [2.75, 3.05) is 5.32 Å². The van der Waals surface area contributed by atoms with E-state index in [2.05, 4.69) is 5.32 Å². The molecular weight excluding hydrogens is 217 g/mol. The zero-order valence-electron chi connectivity index (χ0n) is 8.03. The molecular formula is C10H8FNO4. The number of fused-ring (bicyclic) bond motifs is 1. The van der Waals surface area contributed by atoms with Crippen molar-refractivity contribution in [2.45, 2.75) is 12.0 Å². The second-order valence-electron chi connectivity index (χ2n) is 3.57. The first-order valence-electron chi connectivity index (χ1n) is 4.49. The van der Waals surface area contributed by atoms with Crippen LogP contribution in [0.4, 0.5) is 10.1 Å². The Morgan fingerprint density at radius 1 is 1.50 bits per heavy atom. The highest BCUT2D eigenvalue weighted by Crippen LogP contribution is 2.38. The normalized spacial score (nSPS) is 22.8. The Kier molecular flexibility index (Phi) is 2.16. The van der Waals surface area contributed by atoms with Gasteiger partial charge in [-0.1, -0.05) is 0 Å². The van der Waals surface area contributed by atoms with Gasteiger partial charge in [0.15, 0.2) is 5.60 Å². The maximum absolute atomic E-state index is 13.0. The van der Waals surface area contributed by atoms with Gasteiger partial charge in [0, 0.05) is 11.3 Å². The van der Waals surface area contributed by atoms with Crippen molar-refractivity contribution in [3.05, 3.63) is 29.6 Å². The Morgan fingerprint density at radius 2 is 2.19 bits per heavy atom. The summed E-state index contributed by atoms with van der Waals surface area (Å²) in [6.07, 6.45) is -0.796. The number of hydrogen-bond donors (Lipinski definition) is 3. The Bertz CT molecular complexity index is 488. The molecule has 1 aromatic rings. The second kappa shape index (κ2) is 3.28. The highest BCUT2D eigenvalue weighted by Gasteiger charge is 2.47. The zero-order chi connectivity index (χ0) is 11.9. The van der Waals surface area contributed by atoms with Gasteiger partial charge in [0.05, 0.1) is 6.42 Å². The van der Waals surface area contributed by atoms with E-state index in [-0.39, 0.29) is 11.3 Å². The van der Waals surface area contributed by atoms with Crippen molar-refractivity contribution >= 4 is 17.6 Å². The summed E-state index contributed by atoms with van der Waals surface area (Å²) in [7, 11) is 0. The van der Waals surface area contributed by atoms with Crippen molar-refractivity contribution < 1.29 is 24.2 Å². The molecule has 84 valence electrons. The van der Waals surface area contributed by atoms with Gasteiger partial charge in [0.25, 0.3) is 5.91 Å². The third-order valence-electron chi connectivity index (χ3n) is 2.46. The number of anilines is 1. The van der Waals surface area contributed by atoms with Crippen molar-refractivity contribution in [3.63, 3.8) is 0 Å². The lowest BCUT2D eigenvalue weighted by atomic mass is 9.92. The highest BCUT2D eigenvalue weighted by atomic mass is 19.1. The van der Waals surface area contributed by atoms with Crippen LogP contribution in [0.25, 0.3) is 0 Å². The van der Waals surface area contributed by atoms with Crippen LogP contribution >= 0.6 is 0 Å². The molecule has 0 bridgehead atoms. The summed E-state index contributed by atoms with van der Waals surface area (Å²) in [6.45, 7) is 0. The minimum Gasteiger partial charge on any atom is -0.481 e. The van der Waals surface area contributed by atoms with Gasteiger partial charge in [-0.15, -0.1) is 0 Å². The van der Waals surface area contributed by atoms with Gasteiger partial charge in [-0.3, -0.25) is 9.59 Å². The van der Waals surface area contributed by atoms with E-state index < -0.39 is 29.7 Å². The monoisotopic (exact) mass is 225 g/mol. The molecule has 1 aliphatic rings. The van der Waals surface area contributed by atoms with E-state index in [0.717, 1.165) is 12.1 Å². The van der Waals surface area contributed by atoms with E-state index >= 15 is 0 Å². The predicted octanol–water partition coefficient (Wildman–Crippen LogP) is 0.440. The number of amides is 1. The number of carboxylic acid groups (broad SMARTS) is 1. The first-order chi connectivity index (χ1) is 7.43. The SMILES string of the molecule is O=C(O)CC1(O)C(=O)Nc2ccc(F)cc21. The number of carbonyl (C=O) groups is 2. The number of benzene rings is 1. The molecule has 1 aromatic carbocycles. The molecule has 0 saturated heterocycles. The zero-order valence-corrected chi connectivity index (χ0v) is 8.03. The van der Waals surface area contributed by atoms with Gasteiger partial charge in [-0.25, -0.2) is 4.39 Å². The number of aliphatic hydroxyl groups is 1. The van der Waals surface area contributed by atoms with Gasteiger partial charge < -0.3 is 15.5 Å². The number of halogens is 1. The largest absolute Gasteiger partial charge is 0.481 e. The minimum absolute atomic E-state index is 0.0418. The maximum Gasteiger partial charge on any atom is 0.307 e. The van der Waals surface area contributed by atoms with Crippen LogP contribution in [-0.4, -0.2) is 22.1 Å². The minimum atomic E-state index is -2.19.